The molecule has 0 spiro atoms. The molecule has 1 amide bonds. The molecule has 0 aromatic carbocycles. The molecule has 0 radical (unpaired) electrons. The number of nitrogens with zero attached hydrogens (tertiary/aromatic N) is 4. The third-order valence-electron chi connectivity index (χ3n) is 4.49. The molecule has 2 aromatic heterocycles. The molecule has 3 heterocycles. The highest BCUT2D eigenvalue weighted by Crippen LogP contribution is 2.30. The minimum absolute atomic E-state index is 0.00376. The maximum absolute atomic E-state index is 12.4. The number of aliphatic carboxylic acids is 1. The van der Waals surface area contributed by atoms with Gasteiger partial charge in [0.1, 0.15) is 0 Å². The molecule has 7 nitrogen and oxygen atoms in total. The van der Waals surface area contributed by atoms with Crippen LogP contribution in [0.3, 0.4) is 0 Å². The SMILES string of the molecule is Cc1cnn(C2(C(=O)O)CCN(C(=O)Cc3csc(C)n3)CC2)c1. The molecule has 1 N–H and O–H groups in total. The van der Waals surface area contributed by atoms with Gasteiger partial charge < -0.3 is 10.0 Å². The largest absolute Gasteiger partial charge is 0.479 e. The first-order chi connectivity index (χ1) is 11.4. The minimum atomic E-state index is -1.07. The lowest BCUT2D eigenvalue weighted by Gasteiger charge is -2.39. The Bertz CT molecular complexity index is 759. The van der Waals surface area contributed by atoms with Crippen molar-refractivity contribution in [2.75, 3.05) is 13.1 Å². The van der Waals surface area contributed by atoms with Crippen LogP contribution in [0.5, 0.6) is 0 Å². The smallest absolute Gasteiger partial charge is 0.331 e. The third kappa shape index (κ3) is 3.06. The number of carboxylic acids is 1. The molecular weight excluding hydrogens is 328 g/mol. The Hall–Kier alpha value is -2.22. The first kappa shape index (κ1) is 16.6. The van der Waals surface area contributed by atoms with E-state index in [0.29, 0.717) is 25.9 Å². The van der Waals surface area contributed by atoms with Crippen molar-refractivity contribution < 1.29 is 14.7 Å². The summed E-state index contributed by atoms with van der Waals surface area (Å²) < 4.78 is 1.54. The van der Waals surface area contributed by atoms with Crippen molar-refractivity contribution in [3.63, 3.8) is 0 Å². The number of piperidine rings is 1. The molecular formula is C16H20N4O3S. The van der Waals surface area contributed by atoms with Crippen LogP contribution in [0.1, 0.15) is 29.1 Å². The van der Waals surface area contributed by atoms with Crippen LogP contribution in [-0.2, 0) is 21.5 Å². The number of hydrogen-bond donors (Lipinski definition) is 1. The van der Waals surface area contributed by atoms with Gasteiger partial charge >= 0.3 is 5.97 Å². The number of aromatic nitrogens is 3. The number of hydrogen-bond acceptors (Lipinski definition) is 5. The standard InChI is InChI=1S/C16H20N4O3S/c1-11-8-17-20(9-11)16(15(22)23)3-5-19(6-4-16)14(21)7-13-10-24-12(2)18-13/h8-10H,3-7H2,1-2H3,(H,22,23). The Labute approximate surface area is 143 Å². The second kappa shape index (κ2) is 6.35. The van der Waals surface area contributed by atoms with Crippen LogP contribution in [0.4, 0.5) is 0 Å². The van der Waals surface area contributed by atoms with Crippen molar-refractivity contribution >= 4 is 23.2 Å². The predicted octanol–water partition coefficient (Wildman–Crippen LogP) is 1.60. The number of amides is 1. The van der Waals surface area contributed by atoms with E-state index < -0.39 is 11.5 Å². The lowest BCUT2D eigenvalue weighted by Crippen LogP contribution is -2.52. The first-order valence-electron chi connectivity index (χ1n) is 7.85. The van der Waals surface area contributed by atoms with Gasteiger partial charge in [-0.1, -0.05) is 0 Å². The quantitative estimate of drug-likeness (QED) is 0.907. The van der Waals surface area contributed by atoms with Crippen molar-refractivity contribution in [1.29, 1.82) is 0 Å². The Morgan fingerprint density at radius 2 is 2.04 bits per heavy atom. The van der Waals surface area contributed by atoms with Crippen LogP contribution < -0.4 is 0 Å². The van der Waals surface area contributed by atoms with E-state index in [0.717, 1.165) is 16.3 Å². The summed E-state index contributed by atoms with van der Waals surface area (Å²) in [5, 5.41) is 16.8. The zero-order chi connectivity index (χ0) is 17.3. The van der Waals surface area contributed by atoms with E-state index in [4.69, 9.17) is 0 Å². The molecule has 1 saturated heterocycles. The highest BCUT2D eigenvalue weighted by atomic mass is 32.1. The molecule has 8 heteroatoms. The molecule has 0 atom stereocenters. The van der Waals surface area contributed by atoms with Gasteiger partial charge in [0.2, 0.25) is 5.91 Å². The zero-order valence-corrected chi connectivity index (χ0v) is 14.5. The number of likely N-dealkylation sites (tertiary alicyclic amines) is 1. The fourth-order valence-electron chi connectivity index (χ4n) is 3.07. The van der Waals surface area contributed by atoms with Gasteiger partial charge in [0.25, 0.3) is 0 Å². The van der Waals surface area contributed by atoms with E-state index in [9.17, 15) is 14.7 Å². The molecule has 3 rings (SSSR count). The van der Waals surface area contributed by atoms with E-state index in [1.807, 2.05) is 19.2 Å². The number of carbonyl (C=O) groups is 2. The molecule has 24 heavy (non-hydrogen) atoms. The summed E-state index contributed by atoms with van der Waals surface area (Å²) in [6, 6.07) is 0. The first-order valence-corrected chi connectivity index (χ1v) is 8.72. The fourth-order valence-corrected chi connectivity index (χ4v) is 3.68. The maximum Gasteiger partial charge on any atom is 0.331 e. The van der Waals surface area contributed by atoms with E-state index in [1.165, 1.54) is 16.0 Å². The molecule has 1 aliphatic rings. The molecule has 1 fully saturated rings. The maximum atomic E-state index is 12.4. The Morgan fingerprint density at radius 3 is 2.54 bits per heavy atom. The second-order valence-corrected chi connectivity index (χ2v) is 7.28. The zero-order valence-electron chi connectivity index (χ0n) is 13.7. The topological polar surface area (TPSA) is 88.3 Å². The number of aryl methyl sites for hydroxylation is 2. The van der Waals surface area contributed by atoms with Crippen LogP contribution in [0.15, 0.2) is 17.8 Å². The molecule has 1 aliphatic heterocycles. The molecule has 0 saturated carbocycles. The summed E-state index contributed by atoms with van der Waals surface area (Å²) in [6.07, 6.45) is 4.39. The predicted molar refractivity (Wildman–Crippen MR) is 88.9 cm³/mol. The molecule has 0 aliphatic carbocycles. The lowest BCUT2D eigenvalue weighted by atomic mass is 9.87. The normalized spacial score (nSPS) is 17.0. The van der Waals surface area contributed by atoms with Gasteiger partial charge in [-0.3, -0.25) is 9.48 Å². The van der Waals surface area contributed by atoms with Crippen molar-refractivity contribution in [3.05, 3.63) is 34.0 Å². The van der Waals surface area contributed by atoms with Gasteiger partial charge in [0, 0.05) is 37.5 Å². The van der Waals surface area contributed by atoms with Gasteiger partial charge in [0.15, 0.2) is 5.54 Å². The number of rotatable bonds is 4. The summed E-state index contributed by atoms with van der Waals surface area (Å²) in [4.78, 5) is 30.3. The third-order valence-corrected chi connectivity index (χ3v) is 5.31. The van der Waals surface area contributed by atoms with Gasteiger partial charge in [0.05, 0.1) is 23.3 Å². The van der Waals surface area contributed by atoms with Crippen molar-refractivity contribution in [2.45, 2.75) is 38.6 Å². The van der Waals surface area contributed by atoms with Crippen molar-refractivity contribution in [2.24, 2.45) is 0 Å². The van der Waals surface area contributed by atoms with Gasteiger partial charge in [-0.25, -0.2) is 9.78 Å². The Balaban J connectivity index is 1.69. The second-order valence-electron chi connectivity index (χ2n) is 6.21. The average molecular weight is 348 g/mol. The van der Waals surface area contributed by atoms with E-state index in [2.05, 4.69) is 10.1 Å². The fraction of sp³-hybridized carbons (Fsp3) is 0.500. The summed E-state index contributed by atoms with van der Waals surface area (Å²) in [5.41, 5.74) is 0.635. The average Bonchev–Trinajstić information content (AvgIpc) is 3.16. The lowest BCUT2D eigenvalue weighted by molar-refractivity contribution is -0.153. The Kier molecular flexibility index (Phi) is 4.40. The number of thiazole rings is 1. The molecule has 0 unspecified atom stereocenters. The van der Waals surface area contributed by atoms with Crippen molar-refractivity contribution in [3.8, 4) is 0 Å². The highest BCUT2D eigenvalue weighted by molar-refractivity contribution is 7.09. The minimum Gasteiger partial charge on any atom is -0.479 e. The Morgan fingerprint density at radius 1 is 1.33 bits per heavy atom. The summed E-state index contributed by atoms with van der Waals surface area (Å²) >= 11 is 1.53. The summed E-state index contributed by atoms with van der Waals surface area (Å²) in [6.45, 7) is 4.61. The molecule has 2 aromatic rings. The monoisotopic (exact) mass is 348 g/mol. The van der Waals surface area contributed by atoms with E-state index >= 15 is 0 Å². The van der Waals surface area contributed by atoms with Gasteiger partial charge in [-0.05, 0) is 19.4 Å². The van der Waals surface area contributed by atoms with Crippen LogP contribution in [0.25, 0.3) is 0 Å². The van der Waals surface area contributed by atoms with Gasteiger partial charge in [-0.15, -0.1) is 11.3 Å². The van der Waals surface area contributed by atoms with Crippen LogP contribution >= 0.6 is 11.3 Å². The summed E-state index contributed by atoms with van der Waals surface area (Å²) in [7, 11) is 0. The number of carboxylic acid groups (broad SMARTS) is 1. The van der Waals surface area contributed by atoms with Crippen LogP contribution in [0, 0.1) is 13.8 Å². The van der Waals surface area contributed by atoms with E-state index in [1.54, 1.807) is 17.3 Å². The van der Waals surface area contributed by atoms with Crippen molar-refractivity contribution in [1.82, 2.24) is 19.7 Å². The van der Waals surface area contributed by atoms with Gasteiger partial charge in [-0.2, -0.15) is 5.10 Å². The highest BCUT2D eigenvalue weighted by Gasteiger charge is 2.44. The van der Waals surface area contributed by atoms with E-state index in [-0.39, 0.29) is 12.3 Å². The number of carbonyl (C=O) groups excluding carboxylic acids is 1. The molecule has 0 bridgehead atoms. The van der Waals surface area contributed by atoms with Crippen LogP contribution in [-0.4, -0.2) is 49.7 Å². The molecule has 128 valence electrons. The summed E-state index contributed by atoms with van der Waals surface area (Å²) in [5.74, 6) is -0.899. The van der Waals surface area contributed by atoms with Crippen LogP contribution in [0.2, 0.25) is 0 Å².